The third-order valence-corrected chi connectivity index (χ3v) is 17.1. The predicted octanol–water partition coefficient (Wildman–Crippen LogP) is 17.4. The Bertz CT molecular complexity index is 6380. The van der Waals surface area contributed by atoms with E-state index in [2.05, 4.69) is 85.8 Å². The number of alkyl halides is 6. The van der Waals surface area contributed by atoms with Gasteiger partial charge in [0, 0.05) is 40.6 Å². The highest BCUT2D eigenvalue weighted by molar-refractivity contribution is 5.83. The molecule has 39 heteroatoms. The Kier molecular flexibility index (Phi) is 22.9. The number of aryl methyl sites for hydroxylation is 6. The van der Waals surface area contributed by atoms with Crippen LogP contribution in [0.1, 0.15) is 47.4 Å². The van der Waals surface area contributed by atoms with Crippen LogP contribution in [0.15, 0.2) is 170 Å². The molecule has 8 aromatic heterocycles. The molecule has 0 aliphatic carbocycles. The number of hydrogen-bond donors (Lipinski definition) is 9. The fourth-order valence-corrected chi connectivity index (χ4v) is 11.8. The van der Waals surface area contributed by atoms with E-state index in [1.807, 2.05) is 56.3 Å². The van der Waals surface area contributed by atoms with Crippen LogP contribution in [0.25, 0.3) is 67.9 Å². The number of methoxy groups -OCH3 is 1. The monoisotopic (exact) mass is 1610 g/mol. The number of hydrogen-bond acceptors (Lipinski definition) is 23. The van der Waals surface area contributed by atoms with Crippen molar-refractivity contribution < 1.29 is 62.2 Å². The quantitative estimate of drug-likeness (QED) is 0.0361. The molecule has 27 nitrogen and oxygen atoms in total. The van der Waals surface area contributed by atoms with Crippen molar-refractivity contribution in [1.29, 1.82) is 0 Å². The van der Waals surface area contributed by atoms with E-state index in [-0.39, 0.29) is 77.5 Å². The summed E-state index contributed by atoms with van der Waals surface area (Å²) < 4.78 is 175. The van der Waals surface area contributed by atoms with Crippen LogP contribution in [0.5, 0.6) is 11.5 Å². The predicted molar refractivity (Wildman–Crippen MR) is 421 cm³/mol. The van der Waals surface area contributed by atoms with Gasteiger partial charge in [0.05, 0.1) is 56.8 Å². The summed E-state index contributed by atoms with van der Waals surface area (Å²) in [6, 6.07) is 42.3. The summed E-state index contributed by atoms with van der Waals surface area (Å²) in [4.78, 5) is 50.5. The van der Waals surface area contributed by atoms with E-state index >= 15 is 0 Å². The lowest BCUT2D eigenvalue weighted by molar-refractivity contribution is -0.274. The van der Waals surface area contributed by atoms with Crippen molar-refractivity contribution in [3.63, 3.8) is 0 Å². The summed E-state index contributed by atoms with van der Waals surface area (Å²) >= 11 is 0. The van der Waals surface area contributed by atoms with E-state index in [9.17, 15) is 52.7 Å². The van der Waals surface area contributed by atoms with Gasteiger partial charge < -0.3 is 59.4 Å². The summed E-state index contributed by atoms with van der Waals surface area (Å²) in [7, 11) is 1.56. The maximum Gasteiger partial charge on any atom is 0.573 e. The Hall–Kier alpha value is -15.1. The molecule has 0 aliphatic rings. The van der Waals surface area contributed by atoms with Crippen molar-refractivity contribution >= 4 is 119 Å². The maximum atomic E-state index is 14.6. The van der Waals surface area contributed by atoms with Gasteiger partial charge in [-0.15, -0.1) is 13.2 Å². The SMILES string of the molecule is C.COc1ccc(Nc2nc(-n3c(C)nc4cc(F)ccc43)nc(N)c2F)cc1.Cc1ccc(Nc2nc(-n3c(C)nc4cc(F)ccc43)nc(N)c2F)cc1.Cc1ccc2c(c1)nc(C)n2-c1nc(N)c(F)c(Nc2ccc(OC(F)(F)F)cc2)n1.Cc1nc2ccc(N)cc2n1-c1nc(N)c(F)c(Nc2ccc(C(F)(F)F)cc2)n1. The number of fused-ring (bicyclic) bond motifs is 4. The summed E-state index contributed by atoms with van der Waals surface area (Å²) in [6.45, 7) is 10.8. The smallest absolute Gasteiger partial charge is 0.497 e. The van der Waals surface area contributed by atoms with Crippen LogP contribution in [0.3, 0.4) is 0 Å². The van der Waals surface area contributed by atoms with Crippen LogP contribution >= 0.6 is 0 Å². The average molecular weight is 1610 g/mol. The van der Waals surface area contributed by atoms with Crippen LogP contribution < -0.4 is 59.4 Å². The second kappa shape index (κ2) is 32.9. The minimum Gasteiger partial charge on any atom is -0.497 e. The molecule has 117 heavy (non-hydrogen) atoms. The van der Waals surface area contributed by atoms with E-state index in [4.69, 9.17) is 33.4 Å². The molecular weight excluding hydrogens is 1550 g/mol. The molecule has 0 unspecified atom stereocenters. The molecule has 0 atom stereocenters. The van der Waals surface area contributed by atoms with Gasteiger partial charge in [-0.3, -0.25) is 18.3 Å². The zero-order valence-electron chi connectivity index (χ0n) is 61.6. The highest BCUT2D eigenvalue weighted by atomic mass is 19.4. The molecule has 16 aromatic rings. The molecule has 0 aliphatic heterocycles. The van der Waals surface area contributed by atoms with Gasteiger partial charge in [0.2, 0.25) is 47.1 Å². The van der Waals surface area contributed by atoms with Crippen LogP contribution in [-0.4, -0.2) is 91.5 Å². The van der Waals surface area contributed by atoms with Gasteiger partial charge in [-0.2, -0.15) is 70.6 Å². The number of nitrogens with two attached hydrogens (primary N) is 5. The number of halogens is 12. The Labute approximate surface area is 655 Å². The van der Waals surface area contributed by atoms with E-state index in [1.165, 1.54) is 48.5 Å². The highest BCUT2D eigenvalue weighted by Crippen LogP contribution is 2.35. The molecule has 0 amide bonds. The van der Waals surface area contributed by atoms with Crippen molar-refractivity contribution in [1.82, 2.24) is 78.1 Å². The van der Waals surface area contributed by atoms with Crippen molar-refractivity contribution in [2.75, 3.05) is 57.0 Å². The van der Waals surface area contributed by atoms with Crippen molar-refractivity contribution in [2.45, 2.75) is 61.5 Å². The number of rotatable bonds is 14. The van der Waals surface area contributed by atoms with E-state index in [0.717, 1.165) is 40.9 Å². The van der Waals surface area contributed by atoms with Gasteiger partial charge in [0.15, 0.2) is 46.5 Å². The topological polar surface area (TPSA) is 371 Å². The molecule has 8 aromatic carbocycles. The Balaban J connectivity index is 0.000000143. The van der Waals surface area contributed by atoms with E-state index in [1.54, 1.807) is 108 Å². The first-order valence-corrected chi connectivity index (χ1v) is 34.3. The minimum absolute atomic E-state index is 0. The Morgan fingerprint density at radius 2 is 0.641 bits per heavy atom. The third kappa shape index (κ3) is 18.0. The molecule has 0 spiro atoms. The fourth-order valence-electron chi connectivity index (χ4n) is 11.8. The molecule has 14 N–H and O–H groups in total. The standard InChI is InChI=1S/C20H16F4N6O.C19H15F4N7.C19H16F2N6O.C19H16F2N6.CH4/c1-10-3-8-15-14(9-10)26-11(2)30(15)19-28-17(25)16(21)18(29-19)27-12-4-6-13(7-5-12)31-20(22,23)24;1-9-26-13-7-4-11(24)8-14(13)30(9)18-28-16(25)15(20)17(29-18)27-12-5-2-10(3-6-12)19(21,22)23;1-10-23-14-9-11(20)3-8-15(14)27(10)19-25-17(22)16(21)18(26-19)24-12-4-6-13(28-2)7-5-12;1-10-3-6-13(7-4-10)24-18-16(21)17(22)25-19(26-18)27-11(2)23-14-9-12(20)5-8-15(14)27;/h3-9H,1-2H3,(H3,25,27,28,29);2-8H,24H2,1H3,(H3,25,27,28,29);3-9H,1-2H3,(H3,22,24,25,26);3-9H,1-2H3,(H3,22,24,25,26);1H4. The molecule has 0 saturated heterocycles. The van der Waals surface area contributed by atoms with Gasteiger partial charge in [-0.25, -0.2) is 28.7 Å². The Morgan fingerprint density at radius 3 is 1.00 bits per heavy atom. The zero-order chi connectivity index (χ0) is 82.9. The molecule has 0 radical (unpaired) electrons. The van der Waals surface area contributed by atoms with Crippen LogP contribution in [0.2, 0.25) is 0 Å². The van der Waals surface area contributed by atoms with Gasteiger partial charge >= 0.3 is 12.5 Å². The molecule has 0 saturated carbocycles. The van der Waals surface area contributed by atoms with Crippen molar-refractivity contribution in [3.8, 4) is 35.3 Å². The van der Waals surface area contributed by atoms with Crippen LogP contribution in [0.4, 0.5) is 128 Å². The third-order valence-electron chi connectivity index (χ3n) is 17.1. The van der Waals surface area contributed by atoms with Gasteiger partial charge in [-0.1, -0.05) is 31.2 Å². The van der Waals surface area contributed by atoms with Crippen molar-refractivity contribution in [3.05, 3.63) is 245 Å². The number of aromatic nitrogens is 16. The number of imidazole rings is 4. The largest absolute Gasteiger partial charge is 0.573 e. The Morgan fingerprint density at radius 1 is 0.325 bits per heavy atom. The first kappa shape index (κ1) is 81.4. The van der Waals surface area contributed by atoms with Crippen LogP contribution in [0, 0.1) is 76.4 Å². The molecule has 8 heterocycles. The van der Waals surface area contributed by atoms with Crippen LogP contribution in [-0.2, 0) is 6.18 Å². The van der Waals surface area contributed by atoms with Crippen molar-refractivity contribution in [2.24, 2.45) is 0 Å². The number of ether oxygens (including phenoxy) is 2. The van der Waals surface area contributed by atoms with E-state index in [0.29, 0.717) is 84.7 Å². The minimum atomic E-state index is -4.80. The first-order valence-electron chi connectivity index (χ1n) is 34.3. The zero-order valence-corrected chi connectivity index (χ0v) is 61.6. The first-order chi connectivity index (χ1) is 55.1. The maximum absolute atomic E-state index is 14.6. The number of nitrogens with zero attached hydrogens (tertiary/aromatic N) is 16. The molecule has 0 fully saturated rings. The number of anilines is 13. The van der Waals surface area contributed by atoms with Gasteiger partial charge in [0.25, 0.3) is 0 Å². The lowest BCUT2D eigenvalue weighted by Crippen LogP contribution is -2.17. The summed E-state index contributed by atoms with van der Waals surface area (Å²) in [5.74, 6) is -3.42. The lowest BCUT2D eigenvalue weighted by atomic mass is 10.2. The average Bonchev–Trinajstić information content (AvgIpc) is 1.64. The number of nitrogen functional groups attached to an aromatic ring is 5. The highest BCUT2D eigenvalue weighted by Gasteiger charge is 2.32. The molecule has 600 valence electrons. The summed E-state index contributed by atoms with van der Waals surface area (Å²) in [6.07, 6.45) is -9.28. The molecule has 0 bridgehead atoms. The fraction of sp³-hybridized carbons (Fsp3) is 0.128. The second-order valence-corrected chi connectivity index (χ2v) is 25.5. The molecular formula is C78H67F12N25O2. The van der Waals surface area contributed by atoms with Gasteiger partial charge in [0.1, 0.15) is 46.4 Å². The van der Waals surface area contributed by atoms with E-state index < -0.39 is 70.4 Å². The summed E-state index contributed by atoms with van der Waals surface area (Å²) in [5, 5.41) is 11.2. The number of nitrogens with one attached hydrogen (secondary N) is 4. The second-order valence-electron chi connectivity index (χ2n) is 25.5. The normalized spacial score (nSPS) is 11.3. The van der Waals surface area contributed by atoms with Gasteiger partial charge in [-0.05, 0) is 187 Å². The lowest BCUT2D eigenvalue weighted by Gasteiger charge is -2.13. The summed E-state index contributed by atoms with van der Waals surface area (Å²) in [5.41, 5.74) is 37.1. The molecule has 16 rings (SSSR count). The number of benzene rings is 8.